The number of aromatic nitrogens is 3. The molecule has 1 unspecified atom stereocenters. The molecule has 1 saturated heterocycles. The van der Waals surface area contributed by atoms with Crippen LogP contribution in [0, 0.1) is 11.6 Å². The Kier molecular flexibility index (Phi) is 7.16. The molecule has 0 radical (unpaired) electrons. The van der Waals surface area contributed by atoms with E-state index in [0.29, 0.717) is 23.9 Å². The zero-order valence-electron chi connectivity index (χ0n) is 17.4. The molecule has 3 aromatic rings. The monoisotopic (exact) mass is 458 g/mol. The number of benzene rings is 2. The van der Waals surface area contributed by atoms with Crippen LogP contribution >= 0.6 is 11.8 Å². The Balaban J connectivity index is 1.67. The highest BCUT2D eigenvalue weighted by Gasteiger charge is 2.25. The van der Waals surface area contributed by atoms with Crippen LogP contribution in [0.5, 0.6) is 0 Å². The van der Waals surface area contributed by atoms with E-state index in [0.717, 1.165) is 30.6 Å². The van der Waals surface area contributed by atoms with Gasteiger partial charge in [0.05, 0.1) is 17.9 Å². The first-order chi connectivity index (χ1) is 15.5. The van der Waals surface area contributed by atoms with Crippen LogP contribution in [0.15, 0.2) is 53.7 Å². The number of hydrogen-bond donors (Lipinski definition) is 1. The van der Waals surface area contributed by atoms with Crippen LogP contribution in [-0.2, 0) is 22.5 Å². The second-order valence-corrected chi connectivity index (χ2v) is 8.78. The van der Waals surface area contributed by atoms with Gasteiger partial charge in [-0.05, 0) is 48.2 Å². The molecule has 32 heavy (non-hydrogen) atoms. The molecule has 1 amide bonds. The summed E-state index contributed by atoms with van der Waals surface area (Å²) in [7, 11) is 0. The number of primary amides is 1. The van der Waals surface area contributed by atoms with E-state index in [-0.39, 0.29) is 29.4 Å². The average Bonchev–Trinajstić information content (AvgIpc) is 3.43. The van der Waals surface area contributed by atoms with Crippen molar-refractivity contribution in [3.8, 4) is 0 Å². The molecule has 2 heterocycles. The third-order valence-corrected chi connectivity index (χ3v) is 6.66. The van der Waals surface area contributed by atoms with Crippen LogP contribution in [0.2, 0.25) is 0 Å². The minimum Gasteiger partial charge on any atom is -0.376 e. The summed E-state index contributed by atoms with van der Waals surface area (Å²) in [6.07, 6.45) is 2.55. The quantitative estimate of drug-likeness (QED) is 0.490. The number of halogens is 2. The third-order valence-electron chi connectivity index (χ3n) is 5.37. The van der Waals surface area contributed by atoms with Gasteiger partial charge in [-0.3, -0.25) is 4.79 Å². The van der Waals surface area contributed by atoms with E-state index in [9.17, 15) is 13.6 Å². The average molecular weight is 459 g/mol. The molecule has 4 rings (SSSR count). The molecule has 2 aromatic carbocycles. The number of hydrogen-bond acceptors (Lipinski definition) is 5. The summed E-state index contributed by atoms with van der Waals surface area (Å²) >= 11 is 1.44. The van der Waals surface area contributed by atoms with Gasteiger partial charge in [0.15, 0.2) is 5.16 Å². The van der Waals surface area contributed by atoms with Crippen LogP contribution in [0.3, 0.4) is 0 Å². The van der Waals surface area contributed by atoms with E-state index in [1.54, 1.807) is 24.3 Å². The minimum atomic E-state index is -0.402. The number of carbonyl (C=O) groups excluding carboxylic acids is 1. The van der Waals surface area contributed by atoms with E-state index < -0.39 is 5.91 Å². The number of amides is 1. The SMILES string of the molecule is NC(=O)CCc1nnc(SC(c2ccc(F)cc2)c2ccc(F)cc2)n1CC1CCCO1. The van der Waals surface area contributed by atoms with E-state index >= 15 is 0 Å². The molecule has 0 aliphatic carbocycles. The standard InChI is InChI=1S/C23H24F2N4O2S/c24-17-7-3-15(4-8-17)22(16-5-9-18(25)10-6-16)32-23-28-27-21(12-11-20(26)30)29(23)14-19-2-1-13-31-19/h3-10,19,22H,1-2,11-14H2,(H2,26,30). The largest absolute Gasteiger partial charge is 0.376 e. The summed E-state index contributed by atoms with van der Waals surface area (Å²) in [6, 6.07) is 12.5. The molecule has 1 aliphatic rings. The fraction of sp³-hybridized carbons (Fsp3) is 0.348. The summed E-state index contributed by atoms with van der Waals surface area (Å²) in [5.41, 5.74) is 7.04. The Bertz CT molecular complexity index is 1010. The van der Waals surface area contributed by atoms with E-state index in [1.807, 2.05) is 4.57 Å². The smallest absolute Gasteiger partial charge is 0.217 e. The van der Waals surface area contributed by atoms with Crippen molar-refractivity contribution in [2.45, 2.75) is 48.7 Å². The molecule has 1 aromatic heterocycles. The van der Waals surface area contributed by atoms with Crippen LogP contribution in [0.25, 0.3) is 0 Å². The summed E-state index contributed by atoms with van der Waals surface area (Å²) in [6.45, 7) is 1.29. The lowest BCUT2D eigenvalue weighted by Gasteiger charge is -2.19. The highest BCUT2D eigenvalue weighted by Crippen LogP contribution is 2.40. The normalized spacial score (nSPS) is 16.0. The number of nitrogens with zero attached hydrogens (tertiary/aromatic N) is 3. The first kappa shape index (κ1) is 22.4. The van der Waals surface area contributed by atoms with Gasteiger partial charge in [-0.1, -0.05) is 36.0 Å². The van der Waals surface area contributed by atoms with Gasteiger partial charge in [0, 0.05) is 19.4 Å². The molecule has 1 aliphatic heterocycles. The molecule has 0 spiro atoms. The topological polar surface area (TPSA) is 83.0 Å². The van der Waals surface area contributed by atoms with E-state index in [4.69, 9.17) is 10.5 Å². The molecule has 168 valence electrons. The zero-order valence-corrected chi connectivity index (χ0v) is 18.2. The van der Waals surface area contributed by atoms with Crippen molar-refractivity contribution in [2.75, 3.05) is 6.61 Å². The number of nitrogens with two attached hydrogens (primary N) is 1. The predicted octanol–water partition coefficient (Wildman–Crippen LogP) is 4.03. The molecular formula is C23H24F2N4O2S. The van der Waals surface area contributed by atoms with Crippen molar-refractivity contribution in [1.29, 1.82) is 0 Å². The van der Waals surface area contributed by atoms with Crippen LogP contribution in [0.4, 0.5) is 8.78 Å². The number of aryl methyl sites for hydroxylation is 1. The van der Waals surface area contributed by atoms with Gasteiger partial charge in [0.25, 0.3) is 0 Å². The van der Waals surface area contributed by atoms with Gasteiger partial charge in [-0.2, -0.15) is 0 Å². The van der Waals surface area contributed by atoms with Crippen LogP contribution in [0.1, 0.15) is 41.5 Å². The Morgan fingerprint density at radius 3 is 2.25 bits per heavy atom. The van der Waals surface area contributed by atoms with Crippen molar-refractivity contribution in [3.05, 3.63) is 77.1 Å². The van der Waals surface area contributed by atoms with Crippen molar-refractivity contribution >= 4 is 17.7 Å². The molecule has 9 heteroatoms. The lowest BCUT2D eigenvalue weighted by atomic mass is 10.0. The van der Waals surface area contributed by atoms with Gasteiger partial charge in [-0.15, -0.1) is 10.2 Å². The maximum absolute atomic E-state index is 13.5. The Hall–Kier alpha value is -2.78. The number of carbonyl (C=O) groups is 1. The molecule has 0 bridgehead atoms. The van der Waals surface area contributed by atoms with Gasteiger partial charge in [0.1, 0.15) is 17.5 Å². The van der Waals surface area contributed by atoms with Gasteiger partial charge in [0.2, 0.25) is 5.91 Å². The first-order valence-corrected chi connectivity index (χ1v) is 11.4. The number of rotatable bonds is 9. The summed E-state index contributed by atoms with van der Waals surface area (Å²) in [5, 5.41) is 9.08. The van der Waals surface area contributed by atoms with E-state index in [1.165, 1.54) is 36.0 Å². The molecule has 6 nitrogen and oxygen atoms in total. The lowest BCUT2D eigenvalue weighted by Crippen LogP contribution is -2.19. The fourth-order valence-electron chi connectivity index (χ4n) is 3.71. The highest BCUT2D eigenvalue weighted by atomic mass is 32.2. The molecular weight excluding hydrogens is 434 g/mol. The highest BCUT2D eigenvalue weighted by molar-refractivity contribution is 7.99. The van der Waals surface area contributed by atoms with Gasteiger partial charge < -0.3 is 15.0 Å². The number of ether oxygens (including phenoxy) is 1. The summed E-state index contributed by atoms with van der Waals surface area (Å²) in [5.74, 6) is -0.390. The van der Waals surface area contributed by atoms with Crippen molar-refractivity contribution in [3.63, 3.8) is 0 Å². The van der Waals surface area contributed by atoms with Crippen molar-refractivity contribution in [2.24, 2.45) is 5.73 Å². The van der Waals surface area contributed by atoms with Gasteiger partial charge in [-0.25, -0.2) is 8.78 Å². The van der Waals surface area contributed by atoms with Gasteiger partial charge >= 0.3 is 0 Å². The molecule has 1 atom stereocenters. The molecule has 0 saturated carbocycles. The Morgan fingerprint density at radius 1 is 1.09 bits per heavy atom. The first-order valence-electron chi connectivity index (χ1n) is 10.5. The van der Waals surface area contributed by atoms with Crippen molar-refractivity contribution < 1.29 is 18.3 Å². The fourth-order valence-corrected chi connectivity index (χ4v) is 4.90. The maximum Gasteiger partial charge on any atom is 0.217 e. The number of thioether (sulfide) groups is 1. The Labute approximate surface area is 189 Å². The Morgan fingerprint density at radius 2 is 1.72 bits per heavy atom. The second-order valence-electron chi connectivity index (χ2n) is 7.71. The molecule has 1 fully saturated rings. The zero-order chi connectivity index (χ0) is 22.5. The van der Waals surface area contributed by atoms with Crippen LogP contribution in [-0.4, -0.2) is 33.4 Å². The maximum atomic E-state index is 13.5. The summed E-state index contributed by atoms with van der Waals surface area (Å²) < 4.78 is 34.9. The summed E-state index contributed by atoms with van der Waals surface area (Å²) in [4.78, 5) is 11.3. The van der Waals surface area contributed by atoms with Crippen molar-refractivity contribution in [1.82, 2.24) is 14.8 Å². The predicted molar refractivity (Wildman–Crippen MR) is 117 cm³/mol. The minimum absolute atomic E-state index is 0.0489. The second kappa shape index (κ2) is 10.2. The van der Waals surface area contributed by atoms with Crippen LogP contribution < -0.4 is 5.73 Å². The third kappa shape index (κ3) is 5.52. The molecule has 2 N–H and O–H groups in total. The van der Waals surface area contributed by atoms with E-state index in [2.05, 4.69) is 10.2 Å². The lowest BCUT2D eigenvalue weighted by molar-refractivity contribution is -0.118.